The largest absolute Gasteiger partial charge is 0.383 e. The summed E-state index contributed by atoms with van der Waals surface area (Å²) in [5, 5.41) is 4.35. The molecule has 0 saturated heterocycles. The van der Waals surface area contributed by atoms with Gasteiger partial charge in [0.25, 0.3) is 0 Å². The minimum atomic E-state index is 0.643. The smallest absolute Gasteiger partial charge is 0.130 e. The van der Waals surface area contributed by atoms with Gasteiger partial charge in [0.1, 0.15) is 5.82 Å². The highest BCUT2D eigenvalue weighted by molar-refractivity contribution is 9.10. The van der Waals surface area contributed by atoms with Crippen molar-refractivity contribution in [3.05, 3.63) is 40.5 Å². The number of hydrogen-bond donors (Lipinski definition) is 1. The Kier molecular flexibility index (Phi) is 2.24. The molecule has 1 saturated carbocycles. The molecule has 2 N–H and O–H groups in total. The van der Waals surface area contributed by atoms with E-state index in [0.717, 1.165) is 16.0 Å². The van der Waals surface area contributed by atoms with Crippen molar-refractivity contribution < 1.29 is 0 Å². The van der Waals surface area contributed by atoms with Gasteiger partial charge in [-0.2, -0.15) is 5.10 Å². The fraction of sp³-hybridized carbons (Fsp3) is 0.250. The second-order valence-corrected chi connectivity index (χ2v) is 5.06. The number of nitrogens with zero attached hydrogens (tertiary/aromatic N) is 2. The van der Waals surface area contributed by atoms with E-state index >= 15 is 0 Å². The molecule has 1 heterocycles. The molecule has 2 aromatic rings. The number of hydrogen-bond acceptors (Lipinski definition) is 2. The first-order chi connectivity index (χ1) is 7.75. The van der Waals surface area contributed by atoms with Gasteiger partial charge in [0, 0.05) is 10.0 Å². The van der Waals surface area contributed by atoms with Crippen molar-refractivity contribution in [2.45, 2.75) is 18.8 Å². The van der Waals surface area contributed by atoms with E-state index in [1.165, 1.54) is 18.4 Å². The summed E-state index contributed by atoms with van der Waals surface area (Å²) >= 11 is 3.41. The molecule has 4 heteroatoms. The Balaban J connectivity index is 2.02. The van der Waals surface area contributed by atoms with Crippen molar-refractivity contribution in [2.24, 2.45) is 0 Å². The molecule has 0 unspecified atom stereocenters. The van der Waals surface area contributed by atoms with E-state index in [4.69, 9.17) is 5.73 Å². The van der Waals surface area contributed by atoms with Crippen LogP contribution in [0.4, 0.5) is 5.82 Å². The maximum Gasteiger partial charge on any atom is 0.130 e. The van der Waals surface area contributed by atoms with Crippen LogP contribution in [-0.4, -0.2) is 9.78 Å². The molecule has 0 amide bonds. The first-order valence-corrected chi connectivity index (χ1v) is 6.14. The lowest BCUT2D eigenvalue weighted by molar-refractivity contribution is 0.890. The predicted octanol–water partition coefficient (Wildman–Crippen LogP) is 3.09. The fourth-order valence-corrected chi connectivity index (χ4v) is 2.13. The highest BCUT2D eigenvalue weighted by Gasteiger charge is 2.28. The molecule has 1 aromatic heterocycles. The molecule has 16 heavy (non-hydrogen) atoms. The standard InChI is InChI=1S/C12H12BrN3/c13-9-3-5-10(6-4-9)16-12(14)11(7-15-16)8-1-2-8/h3-8H,1-2,14H2. The van der Waals surface area contributed by atoms with Crippen molar-refractivity contribution in [3.63, 3.8) is 0 Å². The van der Waals surface area contributed by atoms with E-state index in [1.807, 2.05) is 30.5 Å². The minimum absolute atomic E-state index is 0.643. The quantitative estimate of drug-likeness (QED) is 0.917. The normalized spacial score (nSPS) is 15.3. The van der Waals surface area contributed by atoms with Crippen molar-refractivity contribution in [1.82, 2.24) is 9.78 Å². The van der Waals surface area contributed by atoms with Crippen LogP contribution in [0.5, 0.6) is 0 Å². The Labute approximate surface area is 102 Å². The van der Waals surface area contributed by atoms with Crippen LogP contribution >= 0.6 is 15.9 Å². The Morgan fingerprint density at radius 1 is 1.25 bits per heavy atom. The topological polar surface area (TPSA) is 43.8 Å². The van der Waals surface area contributed by atoms with E-state index in [2.05, 4.69) is 21.0 Å². The maximum atomic E-state index is 6.10. The van der Waals surface area contributed by atoms with Crippen molar-refractivity contribution in [1.29, 1.82) is 0 Å². The van der Waals surface area contributed by atoms with Crippen molar-refractivity contribution in [3.8, 4) is 5.69 Å². The monoisotopic (exact) mass is 277 g/mol. The molecule has 1 aliphatic carbocycles. The third-order valence-electron chi connectivity index (χ3n) is 2.92. The van der Waals surface area contributed by atoms with Crippen molar-refractivity contribution >= 4 is 21.7 Å². The molecule has 3 rings (SSSR count). The van der Waals surface area contributed by atoms with E-state index in [0.29, 0.717) is 5.92 Å². The molecule has 0 radical (unpaired) electrons. The highest BCUT2D eigenvalue weighted by Crippen LogP contribution is 2.42. The van der Waals surface area contributed by atoms with Gasteiger partial charge in [-0.15, -0.1) is 0 Å². The number of nitrogen functional groups attached to an aromatic ring is 1. The second kappa shape index (κ2) is 3.63. The Morgan fingerprint density at radius 3 is 2.56 bits per heavy atom. The van der Waals surface area contributed by atoms with Gasteiger partial charge in [0.2, 0.25) is 0 Å². The van der Waals surface area contributed by atoms with Gasteiger partial charge in [0.05, 0.1) is 11.9 Å². The zero-order valence-electron chi connectivity index (χ0n) is 8.73. The summed E-state index contributed by atoms with van der Waals surface area (Å²) < 4.78 is 2.87. The SMILES string of the molecule is Nc1c(C2CC2)cnn1-c1ccc(Br)cc1. The maximum absolute atomic E-state index is 6.10. The van der Waals surface area contributed by atoms with Crippen LogP contribution in [-0.2, 0) is 0 Å². The first kappa shape index (κ1) is 9.90. The third kappa shape index (κ3) is 1.63. The van der Waals surface area contributed by atoms with Gasteiger partial charge in [-0.3, -0.25) is 0 Å². The van der Waals surface area contributed by atoms with Crippen LogP contribution < -0.4 is 5.73 Å². The molecule has 0 atom stereocenters. The molecule has 0 bridgehead atoms. The third-order valence-corrected chi connectivity index (χ3v) is 3.45. The molecule has 0 spiro atoms. The van der Waals surface area contributed by atoms with Gasteiger partial charge in [-0.05, 0) is 43.0 Å². The zero-order chi connectivity index (χ0) is 11.1. The molecule has 0 aliphatic heterocycles. The summed E-state index contributed by atoms with van der Waals surface area (Å²) in [5.74, 6) is 1.43. The predicted molar refractivity (Wildman–Crippen MR) is 67.7 cm³/mol. The first-order valence-electron chi connectivity index (χ1n) is 5.35. The van der Waals surface area contributed by atoms with E-state index in [9.17, 15) is 0 Å². The van der Waals surface area contributed by atoms with Crippen LogP contribution in [0.1, 0.15) is 24.3 Å². The molecule has 82 valence electrons. The number of anilines is 1. The Hall–Kier alpha value is -1.29. The van der Waals surface area contributed by atoms with E-state index < -0.39 is 0 Å². The van der Waals surface area contributed by atoms with E-state index in [-0.39, 0.29) is 0 Å². The lowest BCUT2D eigenvalue weighted by atomic mass is 10.2. The summed E-state index contributed by atoms with van der Waals surface area (Å²) in [6.45, 7) is 0. The lowest BCUT2D eigenvalue weighted by Gasteiger charge is -2.04. The molecule has 3 nitrogen and oxygen atoms in total. The lowest BCUT2D eigenvalue weighted by Crippen LogP contribution is -2.02. The van der Waals surface area contributed by atoms with Gasteiger partial charge < -0.3 is 5.73 Å². The summed E-state index contributed by atoms with van der Waals surface area (Å²) in [5.41, 5.74) is 8.31. The molecular weight excluding hydrogens is 266 g/mol. The second-order valence-electron chi connectivity index (χ2n) is 4.15. The summed E-state index contributed by atoms with van der Waals surface area (Å²) in [6, 6.07) is 7.99. The Bertz CT molecular complexity index is 512. The highest BCUT2D eigenvalue weighted by atomic mass is 79.9. The molecule has 1 aromatic carbocycles. The van der Waals surface area contributed by atoms with E-state index in [1.54, 1.807) is 4.68 Å². The van der Waals surface area contributed by atoms with Gasteiger partial charge >= 0.3 is 0 Å². The van der Waals surface area contributed by atoms with Crippen LogP contribution in [0.15, 0.2) is 34.9 Å². The molecular formula is C12H12BrN3. The van der Waals surface area contributed by atoms with Gasteiger partial charge in [0.15, 0.2) is 0 Å². The van der Waals surface area contributed by atoms with Crippen LogP contribution in [0, 0.1) is 0 Å². The number of rotatable bonds is 2. The summed E-state index contributed by atoms with van der Waals surface area (Å²) in [4.78, 5) is 0. The van der Waals surface area contributed by atoms with Gasteiger partial charge in [-0.1, -0.05) is 15.9 Å². The Morgan fingerprint density at radius 2 is 1.94 bits per heavy atom. The summed E-state index contributed by atoms with van der Waals surface area (Å²) in [6.07, 6.45) is 4.39. The minimum Gasteiger partial charge on any atom is -0.383 e. The number of benzene rings is 1. The number of nitrogens with two attached hydrogens (primary N) is 1. The average Bonchev–Trinajstić information content (AvgIpc) is 3.05. The van der Waals surface area contributed by atoms with Crippen LogP contribution in [0.3, 0.4) is 0 Å². The van der Waals surface area contributed by atoms with Crippen LogP contribution in [0.2, 0.25) is 0 Å². The van der Waals surface area contributed by atoms with Gasteiger partial charge in [-0.25, -0.2) is 4.68 Å². The zero-order valence-corrected chi connectivity index (χ0v) is 10.3. The molecule has 1 aliphatic rings. The molecule has 1 fully saturated rings. The number of aromatic nitrogens is 2. The fourth-order valence-electron chi connectivity index (χ4n) is 1.87. The number of halogens is 1. The summed E-state index contributed by atoms with van der Waals surface area (Å²) in [7, 11) is 0. The van der Waals surface area contributed by atoms with Crippen molar-refractivity contribution in [2.75, 3.05) is 5.73 Å². The average molecular weight is 278 g/mol. The van der Waals surface area contributed by atoms with Crippen LogP contribution in [0.25, 0.3) is 5.69 Å².